The van der Waals surface area contributed by atoms with Gasteiger partial charge in [-0.3, -0.25) is 9.69 Å². The fourth-order valence-corrected chi connectivity index (χ4v) is 1.92. The Morgan fingerprint density at radius 3 is 2.88 bits per heavy atom. The normalized spacial score (nSPS) is 16.6. The molecule has 17 heavy (non-hydrogen) atoms. The van der Waals surface area contributed by atoms with Crippen molar-refractivity contribution in [2.75, 3.05) is 25.0 Å². The van der Waals surface area contributed by atoms with Crippen molar-refractivity contribution in [2.24, 2.45) is 0 Å². The molecule has 0 spiro atoms. The highest BCUT2D eigenvalue weighted by Crippen LogP contribution is 2.19. The van der Waals surface area contributed by atoms with Gasteiger partial charge in [-0.15, -0.1) is 0 Å². The number of β-amino-alcohol motifs (C(OH)–C–C–N with tert-alkyl or cyclic N) is 1. The first-order chi connectivity index (χ1) is 8.04. The molecule has 4 nitrogen and oxygen atoms in total. The third-order valence-electron chi connectivity index (χ3n) is 2.75. The maximum absolute atomic E-state index is 11.7. The van der Waals surface area contributed by atoms with Gasteiger partial charge in [0.25, 0.3) is 0 Å². The van der Waals surface area contributed by atoms with E-state index in [1.807, 2.05) is 17.9 Å². The fourth-order valence-electron chi connectivity index (χ4n) is 1.80. The van der Waals surface area contributed by atoms with Crippen molar-refractivity contribution in [3.05, 3.63) is 28.8 Å². The van der Waals surface area contributed by atoms with E-state index in [4.69, 9.17) is 16.7 Å². The Morgan fingerprint density at radius 1 is 1.59 bits per heavy atom. The zero-order valence-electron chi connectivity index (χ0n) is 9.61. The predicted molar refractivity (Wildman–Crippen MR) is 67.3 cm³/mol. The van der Waals surface area contributed by atoms with E-state index in [2.05, 4.69) is 5.32 Å². The Labute approximate surface area is 105 Å². The standard InChI is InChI=1S/C12H15ClN2O2/c1-8-4-9(2-3-11(8)13)14-12(17)7-15-5-10(16)6-15/h2-4,10,16H,5-7H2,1H3,(H,14,17). The molecule has 1 saturated heterocycles. The smallest absolute Gasteiger partial charge is 0.238 e. The van der Waals surface area contributed by atoms with Crippen molar-refractivity contribution in [3.63, 3.8) is 0 Å². The summed E-state index contributed by atoms with van der Waals surface area (Å²) >= 11 is 5.90. The number of amides is 1. The molecule has 1 heterocycles. The van der Waals surface area contributed by atoms with Gasteiger partial charge in [0.05, 0.1) is 12.6 Å². The lowest BCUT2D eigenvalue weighted by molar-refractivity contribution is -0.119. The first-order valence-corrected chi connectivity index (χ1v) is 5.89. The topological polar surface area (TPSA) is 52.6 Å². The van der Waals surface area contributed by atoms with E-state index in [0.29, 0.717) is 24.7 Å². The minimum absolute atomic E-state index is 0.0707. The fraction of sp³-hybridized carbons (Fsp3) is 0.417. The molecule has 0 bridgehead atoms. The number of hydrogen-bond donors (Lipinski definition) is 2. The molecule has 92 valence electrons. The molecular weight excluding hydrogens is 240 g/mol. The monoisotopic (exact) mass is 254 g/mol. The molecule has 1 aliphatic rings. The van der Waals surface area contributed by atoms with Crippen LogP contribution in [-0.4, -0.2) is 41.7 Å². The van der Waals surface area contributed by atoms with Crippen molar-refractivity contribution in [1.29, 1.82) is 0 Å². The number of likely N-dealkylation sites (tertiary alicyclic amines) is 1. The summed E-state index contributed by atoms with van der Waals surface area (Å²) in [4.78, 5) is 13.5. The highest BCUT2D eigenvalue weighted by Gasteiger charge is 2.25. The van der Waals surface area contributed by atoms with Gasteiger partial charge in [-0.1, -0.05) is 11.6 Å². The number of aliphatic hydroxyl groups excluding tert-OH is 1. The van der Waals surface area contributed by atoms with Crippen LogP contribution in [0.5, 0.6) is 0 Å². The van der Waals surface area contributed by atoms with E-state index in [9.17, 15) is 4.79 Å². The maximum Gasteiger partial charge on any atom is 0.238 e. The molecule has 0 aliphatic carbocycles. The largest absolute Gasteiger partial charge is 0.390 e. The first kappa shape index (κ1) is 12.4. The van der Waals surface area contributed by atoms with Crippen LogP contribution < -0.4 is 5.32 Å². The number of aliphatic hydroxyl groups is 1. The molecule has 0 atom stereocenters. The SMILES string of the molecule is Cc1cc(NC(=O)CN2CC(O)C2)ccc1Cl. The van der Waals surface area contributed by atoms with Crippen LogP contribution in [0.1, 0.15) is 5.56 Å². The van der Waals surface area contributed by atoms with E-state index in [-0.39, 0.29) is 12.0 Å². The van der Waals surface area contributed by atoms with Gasteiger partial charge in [-0.05, 0) is 30.7 Å². The molecule has 1 aliphatic heterocycles. The Bertz CT molecular complexity index is 431. The number of nitrogens with one attached hydrogen (secondary N) is 1. The Balaban J connectivity index is 1.87. The van der Waals surface area contributed by atoms with Gasteiger partial charge in [0, 0.05) is 23.8 Å². The lowest BCUT2D eigenvalue weighted by atomic mass is 10.2. The minimum atomic E-state index is -0.277. The molecular formula is C12H15ClN2O2. The van der Waals surface area contributed by atoms with Crippen LogP contribution in [0.4, 0.5) is 5.69 Å². The van der Waals surface area contributed by atoms with E-state index >= 15 is 0 Å². The molecule has 1 aromatic carbocycles. The van der Waals surface area contributed by atoms with Gasteiger partial charge in [0.1, 0.15) is 0 Å². The summed E-state index contributed by atoms with van der Waals surface area (Å²) in [5.41, 5.74) is 1.68. The van der Waals surface area contributed by atoms with E-state index in [1.54, 1.807) is 12.1 Å². The van der Waals surface area contributed by atoms with Crippen LogP contribution in [-0.2, 0) is 4.79 Å². The van der Waals surface area contributed by atoms with Crippen molar-refractivity contribution < 1.29 is 9.90 Å². The second kappa shape index (κ2) is 5.04. The van der Waals surface area contributed by atoms with E-state index in [1.165, 1.54) is 0 Å². The van der Waals surface area contributed by atoms with Crippen molar-refractivity contribution >= 4 is 23.2 Å². The Kier molecular flexibility index (Phi) is 3.66. The molecule has 0 saturated carbocycles. The zero-order chi connectivity index (χ0) is 12.4. The van der Waals surface area contributed by atoms with Gasteiger partial charge in [-0.25, -0.2) is 0 Å². The van der Waals surface area contributed by atoms with Crippen LogP contribution in [0.15, 0.2) is 18.2 Å². The van der Waals surface area contributed by atoms with Gasteiger partial charge in [-0.2, -0.15) is 0 Å². The number of rotatable bonds is 3. The molecule has 5 heteroatoms. The molecule has 0 aromatic heterocycles. The molecule has 0 radical (unpaired) electrons. The summed E-state index contributed by atoms with van der Waals surface area (Å²) in [6, 6.07) is 5.38. The molecule has 1 fully saturated rings. The number of benzene rings is 1. The number of carbonyl (C=O) groups excluding carboxylic acids is 1. The van der Waals surface area contributed by atoms with Gasteiger partial charge < -0.3 is 10.4 Å². The maximum atomic E-state index is 11.7. The number of anilines is 1. The zero-order valence-corrected chi connectivity index (χ0v) is 10.4. The van der Waals surface area contributed by atoms with Crippen molar-refractivity contribution in [3.8, 4) is 0 Å². The van der Waals surface area contributed by atoms with Crippen LogP contribution >= 0.6 is 11.6 Å². The Morgan fingerprint density at radius 2 is 2.29 bits per heavy atom. The summed E-state index contributed by atoms with van der Waals surface area (Å²) in [7, 11) is 0. The molecule has 0 unspecified atom stereocenters. The van der Waals surface area contributed by atoms with E-state index < -0.39 is 0 Å². The van der Waals surface area contributed by atoms with Crippen molar-refractivity contribution in [1.82, 2.24) is 4.90 Å². The average molecular weight is 255 g/mol. The molecule has 2 rings (SSSR count). The van der Waals surface area contributed by atoms with Crippen LogP contribution in [0, 0.1) is 6.92 Å². The minimum Gasteiger partial charge on any atom is -0.390 e. The predicted octanol–water partition coefficient (Wildman–Crippen LogP) is 1.26. The second-order valence-electron chi connectivity index (χ2n) is 4.36. The van der Waals surface area contributed by atoms with Gasteiger partial charge in [0.2, 0.25) is 5.91 Å². The summed E-state index contributed by atoms with van der Waals surface area (Å²) < 4.78 is 0. The van der Waals surface area contributed by atoms with E-state index in [0.717, 1.165) is 11.3 Å². The highest BCUT2D eigenvalue weighted by atomic mass is 35.5. The number of halogens is 1. The molecule has 2 N–H and O–H groups in total. The first-order valence-electron chi connectivity index (χ1n) is 5.51. The van der Waals surface area contributed by atoms with Gasteiger partial charge >= 0.3 is 0 Å². The number of hydrogen-bond acceptors (Lipinski definition) is 3. The third-order valence-corrected chi connectivity index (χ3v) is 3.17. The van der Waals surface area contributed by atoms with Crippen LogP contribution in [0.25, 0.3) is 0 Å². The lowest BCUT2D eigenvalue weighted by Gasteiger charge is -2.35. The summed E-state index contributed by atoms with van der Waals surface area (Å²) in [5, 5.41) is 12.6. The Hall–Kier alpha value is -1.10. The molecule has 1 aromatic rings. The summed E-state index contributed by atoms with van der Waals surface area (Å²) in [5.74, 6) is -0.0707. The molecule has 1 amide bonds. The summed E-state index contributed by atoms with van der Waals surface area (Å²) in [6.07, 6.45) is -0.277. The van der Waals surface area contributed by atoms with Crippen LogP contribution in [0.2, 0.25) is 5.02 Å². The average Bonchev–Trinajstić information content (AvgIpc) is 2.21. The van der Waals surface area contributed by atoms with Gasteiger partial charge in [0.15, 0.2) is 0 Å². The number of aryl methyl sites for hydroxylation is 1. The number of carbonyl (C=O) groups is 1. The number of nitrogens with zero attached hydrogens (tertiary/aromatic N) is 1. The quantitative estimate of drug-likeness (QED) is 0.854. The third kappa shape index (κ3) is 3.19. The van der Waals surface area contributed by atoms with Crippen LogP contribution in [0.3, 0.4) is 0 Å². The lowest BCUT2D eigenvalue weighted by Crippen LogP contribution is -2.53. The van der Waals surface area contributed by atoms with Crippen molar-refractivity contribution in [2.45, 2.75) is 13.0 Å². The highest BCUT2D eigenvalue weighted by molar-refractivity contribution is 6.31. The second-order valence-corrected chi connectivity index (χ2v) is 4.77. The summed E-state index contributed by atoms with van der Waals surface area (Å²) in [6.45, 7) is 3.36.